The molecule has 0 aromatic heterocycles. The molecule has 0 radical (unpaired) electrons. The molecule has 0 saturated heterocycles. The Bertz CT molecular complexity index is 1090. The first-order chi connectivity index (χ1) is 16.1. The van der Waals surface area contributed by atoms with Crippen LogP contribution in [0, 0.1) is 5.92 Å². The first-order valence-electron chi connectivity index (χ1n) is 9.88. The van der Waals surface area contributed by atoms with Crippen LogP contribution in [0.15, 0.2) is 36.4 Å². The number of halogens is 10. The highest BCUT2D eigenvalue weighted by Crippen LogP contribution is 2.43. The van der Waals surface area contributed by atoms with Crippen molar-refractivity contribution in [3.05, 3.63) is 73.7 Å². The molecule has 35 heavy (non-hydrogen) atoms. The number of hydrogen-bond donors (Lipinski definition) is 0. The highest BCUT2D eigenvalue weighted by Gasteiger charge is 2.41. The maximum absolute atomic E-state index is 14.9. The molecule has 1 nitrogen and oxygen atoms in total. The lowest BCUT2D eigenvalue weighted by atomic mass is 9.93. The van der Waals surface area contributed by atoms with Gasteiger partial charge in [0, 0.05) is 17.5 Å². The maximum atomic E-state index is 14.9. The summed E-state index contributed by atoms with van der Waals surface area (Å²) >= 11 is 18.7. The molecule has 0 heterocycles. The van der Waals surface area contributed by atoms with Crippen molar-refractivity contribution < 1.29 is 35.5 Å². The fourth-order valence-electron chi connectivity index (χ4n) is 3.32. The number of carbonyl (C=O) groups excluding carboxylic acids is 1. The summed E-state index contributed by atoms with van der Waals surface area (Å²) in [5, 5.41) is -0.824. The smallest absolute Gasteiger partial charge is 0.294 e. The number of ketones is 1. The van der Waals surface area contributed by atoms with Gasteiger partial charge in [-0.3, -0.25) is 4.79 Å². The normalized spacial score (nSPS) is 14.7. The van der Waals surface area contributed by atoms with Crippen LogP contribution in [-0.4, -0.2) is 24.0 Å². The van der Waals surface area contributed by atoms with E-state index >= 15 is 0 Å². The Morgan fingerprint density at radius 1 is 1.03 bits per heavy atom. The number of hydrogen-bond acceptors (Lipinski definition) is 2. The number of alkyl halides is 6. The van der Waals surface area contributed by atoms with Crippen molar-refractivity contribution in [1.29, 1.82) is 0 Å². The quantitative estimate of drug-likeness (QED) is 0.175. The van der Waals surface area contributed by atoms with Crippen LogP contribution >= 0.6 is 46.6 Å². The largest absolute Gasteiger partial charge is 0.417 e. The summed E-state index contributed by atoms with van der Waals surface area (Å²) in [6.45, 7) is 1.70. The van der Waals surface area contributed by atoms with Crippen LogP contribution in [0.1, 0.15) is 46.3 Å². The molecule has 2 rings (SSSR count). The predicted octanol–water partition coefficient (Wildman–Crippen LogP) is 9.89. The number of allylic oxidation sites excluding steroid dienone is 1. The molecule has 192 valence electrons. The van der Waals surface area contributed by atoms with Crippen molar-refractivity contribution in [1.82, 2.24) is 0 Å². The van der Waals surface area contributed by atoms with Gasteiger partial charge in [-0.05, 0) is 47.8 Å². The van der Waals surface area contributed by atoms with Gasteiger partial charge in [-0.1, -0.05) is 53.9 Å². The Kier molecular flexibility index (Phi) is 10.0. The molecule has 0 aliphatic rings. The topological polar surface area (TPSA) is 17.1 Å². The van der Waals surface area contributed by atoms with Crippen LogP contribution in [-0.2, 0) is 6.18 Å². The second-order valence-corrected chi connectivity index (χ2v) is 9.88. The van der Waals surface area contributed by atoms with E-state index in [0.29, 0.717) is 11.8 Å². The molecule has 0 N–H and O–H groups in total. The van der Waals surface area contributed by atoms with Gasteiger partial charge in [-0.25, -0.2) is 4.39 Å². The van der Waals surface area contributed by atoms with Crippen LogP contribution in [0.3, 0.4) is 0 Å². The average molecular weight is 582 g/mol. The Morgan fingerprint density at radius 2 is 1.60 bits per heavy atom. The van der Waals surface area contributed by atoms with E-state index in [1.54, 1.807) is 13.2 Å². The third kappa shape index (κ3) is 7.78. The molecule has 2 aromatic rings. The van der Waals surface area contributed by atoms with E-state index < -0.39 is 52.1 Å². The first-order valence-corrected chi connectivity index (χ1v) is 12.4. The molecular formula is C23H18Cl3F7OS. The van der Waals surface area contributed by atoms with E-state index in [9.17, 15) is 35.5 Å². The summed E-state index contributed by atoms with van der Waals surface area (Å²) in [6.07, 6.45) is -8.34. The Morgan fingerprint density at radius 3 is 2.09 bits per heavy atom. The van der Waals surface area contributed by atoms with E-state index in [1.165, 1.54) is 11.8 Å². The van der Waals surface area contributed by atoms with Gasteiger partial charge in [0.1, 0.15) is 11.7 Å². The van der Waals surface area contributed by atoms with Crippen molar-refractivity contribution in [2.24, 2.45) is 5.92 Å². The molecule has 0 amide bonds. The van der Waals surface area contributed by atoms with Crippen molar-refractivity contribution >= 4 is 58.2 Å². The van der Waals surface area contributed by atoms with Crippen LogP contribution in [0.5, 0.6) is 0 Å². The number of benzene rings is 2. The van der Waals surface area contributed by atoms with Gasteiger partial charge in [0.2, 0.25) is 0 Å². The van der Waals surface area contributed by atoms with Crippen LogP contribution in [0.2, 0.25) is 15.1 Å². The lowest BCUT2D eigenvalue weighted by Gasteiger charge is -2.19. The molecule has 1 unspecified atom stereocenters. The summed E-state index contributed by atoms with van der Waals surface area (Å²) in [6, 6.07) is 3.63. The highest BCUT2D eigenvalue weighted by atomic mass is 35.5. The van der Waals surface area contributed by atoms with Crippen LogP contribution < -0.4 is 0 Å². The SMILES string of the molecule is CSC[C@@H](C)CC(=O)c1ccc(/C(F)=C/C(c2cc(Cl)c(Cl)c(Cl)c2)C(F)(F)F)cc1C(F)(F)F. The number of Topliss-reactive ketones (excluding diaryl/α,β-unsaturated/α-hetero) is 1. The molecule has 0 fully saturated rings. The zero-order chi connectivity index (χ0) is 26.7. The minimum Gasteiger partial charge on any atom is -0.294 e. The third-order valence-corrected chi connectivity index (χ3v) is 7.02. The minimum absolute atomic E-state index is 0.118. The van der Waals surface area contributed by atoms with Gasteiger partial charge < -0.3 is 0 Å². The first kappa shape index (κ1) is 29.8. The van der Waals surface area contributed by atoms with Gasteiger partial charge in [-0.15, -0.1) is 0 Å². The third-order valence-electron chi connectivity index (χ3n) is 4.92. The summed E-state index contributed by atoms with van der Waals surface area (Å²) in [4.78, 5) is 12.5. The van der Waals surface area contributed by atoms with E-state index in [2.05, 4.69) is 0 Å². The molecule has 2 atom stereocenters. The minimum atomic E-state index is -5.04. The predicted molar refractivity (Wildman–Crippen MR) is 127 cm³/mol. The zero-order valence-electron chi connectivity index (χ0n) is 18.1. The molecule has 0 spiro atoms. The van der Waals surface area contributed by atoms with Crippen LogP contribution in [0.4, 0.5) is 30.7 Å². The zero-order valence-corrected chi connectivity index (χ0v) is 21.2. The Hall–Kier alpha value is -1.42. The summed E-state index contributed by atoms with van der Waals surface area (Å²) in [5.74, 6) is -4.62. The second-order valence-electron chi connectivity index (χ2n) is 7.78. The molecule has 0 saturated carbocycles. The van der Waals surface area contributed by atoms with Gasteiger partial charge in [0.15, 0.2) is 5.78 Å². The molecular weight excluding hydrogens is 564 g/mol. The lowest BCUT2D eigenvalue weighted by Crippen LogP contribution is -2.19. The van der Waals surface area contributed by atoms with Crippen molar-refractivity contribution in [3.63, 3.8) is 0 Å². The standard InChI is InChI=1S/C23H18Cl3F7OS/c1-11(10-35-2)5-20(34)14-4-3-12(6-16(14)23(31,32)33)19(27)9-15(22(28,29)30)13-7-17(24)21(26)18(25)8-13/h3-4,6-9,11,15H,5,10H2,1-2H3/b19-9-/t11-,15?/m0/s1. The fourth-order valence-corrected chi connectivity index (χ4v) is 4.62. The second kappa shape index (κ2) is 11.8. The lowest BCUT2D eigenvalue weighted by molar-refractivity contribution is -0.140. The summed E-state index contributed by atoms with van der Waals surface area (Å²) < 4.78 is 97.0. The number of thioether (sulfide) groups is 1. The van der Waals surface area contributed by atoms with Crippen molar-refractivity contribution in [3.8, 4) is 0 Å². The monoisotopic (exact) mass is 580 g/mol. The van der Waals surface area contributed by atoms with Gasteiger partial charge in [0.05, 0.1) is 20.6 Å². The Balaban J connectivity index is 2.55. The van der Waals surface area contributed by atoms with E-state index in [0.717, 1.165) is 24.3 Å². The molecule has 12 heteroatoms. The summed E-state index contributed by atoms with van der Waals surface area (Å²) in [5.41, 5.74) is -3.43. The van der Waals surface area contributed by atoms with E-state index in [1.807, 2.05) is 0 Å². The fraction of sp³-hybridized carbons (Fsp3) is 0.348. The number of rotatable bonds is 8. The van der Waals surface area contributed by atoms with Gasteiger partial charge in [0.25, 0.3) is 0 Å². The average Bonchev–Trinajstić information content (AvgIpc) is 2.73. The summed E-state index contributed by atoms with van der Waals surface area (Å²) in [7, 11) is 0. The Labute approximate surface area is 216 Å². The van der Waals surface area contributed by atoms with Gasteiger partial charge in [-0.2, -0.15) is 38.1 Å². The van der Waals surface area contributed by atoms with E-state index in [4.69, 9.17) is 34.8 Å². The van der Waals surface area contributed by atoms with E-state index in [-0.39, 0.29) is 33.5 Å². The highest BCUT2D eigenvalue weighted by molar-refractivity contribution is 7.98. The molecule has 2 aromatic carbocycles. The van der Waals surface area contributed by atoms with Crippen LogP contribution in [0.25, 0.3) is 5.83 Å². The molecule has 0 aliphatic carbocycles. The number of carbonyl (C=O) groups is 1. The molecule has 0 bridgehead atoms. The van der Waals surface area contributed by atoms with Gasteiger partial charge >= 0.3 is 12.4 Å². The van der Waals surface area contributed by atoms with Crippen molar-refractivity contribution in [2.45, 2.75) is 31.6 Å². The van der Waals surface area contributed by atoms with Crippen molar-refractivity contribution in [2.75, 3.05) is 12.0 Å². The molecule has 0 aliphatic heterocycles. The maximum Gasteiger partial charge on any atom is 0.417 e.